The maximum Gasteiger partial charge on any atom is 0.244 e. The molecule has 0 unspecified atom stereocenters. The van der Waals surface area contributed by atoms with Crippen LogP contribution in [-0.4, -0.2) is 30.8 Å². The SMILES string of the molecule is NC(=S)C1CCN(S(=O)(=O)c2cc(Cl)ccc2Cl)CC1. The van der Waals surface area contributed by atoms with Crippen molar-refractivity contribution in [2.45, 2.75) is 17.7 Å². The average Bonchev–Trinajstić information content (AvgIpc) is 2.41. The van der Waals surface area contributed by atoms with Crippen LogP contribution in [0.25, 0.3) is 0 Å². The predicted molar refractivity (Wildman–Crippen MR) is 84.7 cm³/mol. The predicted octanol–water partition coefficient (Wildman–Crippen LogP) is 2.68. The molecule has 1 aliphatic heterocycles. The van der Waals surface area contributed by atoms with Crippen molar-refractivity contribution < 1.29 is 8.42 Å². The van der Waals surface area contributed by atoms with E-state index in [-0.39, 0.29) is 15.8 Å². The van der Waals surface area contributed by atoms with Crippen LogP contribution in [0.15, 0.2) is 23.1 Å². The second kappa shape index (κ2) is 6.15. The van der Waals surface area contributed by atoms with Gasteiger partial charge in [-0.05, 0) is 31.0 Å². The van der Waals surface area contributed by atoms with E-state index in [0.717, 1.165) is 0 Å². The third-order valence-electron chi connectivity index (χ3n) is 3.37. The molecule has 110 valence electrons. The fourth-order valence-electron chi connectivity index (χ4n) is 2.19. The first kappa shape index (κ1) is 16.0. The normalized spacial score (nSPS) is 18.1. The first-order valence-electron chi connectivity index (χ1n) is 6.07. The van der Waals surface area contributed by atoms with E-state index in [1.807, 2.05) is 0 Å². The number of nitrogens with zero attached hydrogens (tertiary/aromatic N) is 1. The van der Waals surface area contributed by atoms with Crippen LogP contribution in [0.1, 0.15) is 12.8 Å². The Morgan fingerprint density at radius 1 is 1.30 bits per heavy atom. The highest BCUT2D eigenvalue weighted by Gasteiger charge is 2.31. The number of sulfonamides is 1. The maximum atomic E-state index is 12.6. The molecule has 4 nitrogen and oxygen atoms in total. The van der Waals surface area contributed by atoms with Gasteiger partial charge in [0.05, 0.1) is 10.0 Å². The number of benzene rings is 1. The molecule has 2 N–H and O–H groups in total. The summed E-state index contributed by atoms with van der Waals surface area (Å²) in [6.45, 7) is 0.764. The maximum absolute atomic E-state index is 12.6. The Morgan fingerprint density at radius 3 is 2.45 bits per heavy atom. The number of rotatable bonds is 3. The van der Waals surface area contributed by atoms with Crippen LogP contribution in [0.2, 0.25) is 10.0 Å². The summed E-state index contributed by atoms with van der Waals surface area (Å²) in [6.07, 6.45) is 1.26. The third-order valence-corrected chi connectivity index (χ3v) is 6.32. The molecule has 0 atom stereocenters. The van der Waals surface area contributed by atoms with Crippen LogP contribution in [0, 0.1) is 5.92 Å². The third kappa shape index (κ3) is 3.26. The van der Waals surface area contributed by atoms with Crippen LogP contribution in [0.4, 0.5) is 0 Å². The minimum atomic E-state index is -3.63. The monoisotopic (exact) mass is 352 g/mol. The van der Waals surface area contributed by atoms with Gasteiger partial charge in [-0.2, -0.15) is 4.31 Å². The van der Waals surface area contributed by atoms with Crippen molar-refractivity contribution in [2.24, 2.45) is 11.7 Å². The molecule has 8 heteroatoms. The Hall–Kier alpha value is -0.400. The molecular formula is C12H14Cl2N2O2S2. The van der Waals surface area contributed by atoms with E-state index in [9.17, 15) is 8.42 Å². The van der Waals surface area contributed by atoms with Gasteiger partial charge in [0.2, 0.25) is 10.0 Å². The highest BCUT2D eigenvalue weighted by Crippen LogP contribution is 2.30. The summed E-state index contributed by atoms with van der Waals surface area (Å²) in [4.78, 5) is 0.489. The summed E-state index contributed by atoms with van der Waals surface area (Å²) >= 11 is 16.8. The zero-order chi connectivity index (χ0) is 14.9. The molecule has 0 amide bonds. The van der Waals surface area contributed by atoms with Crippen molar-refractivity contribution in [3.63, 3.8) is 0 Å². The second-order valence-electron chi connectivity index (χ2n) is 4.66. The lowest BCUT2D eigenvalue weighted by Crippen LogP contribution is -2.41. The topological polar surface area (TPSA) is 63.4 Å². The van der Waals surface area contributed by atoms with Gasteiger partial charge in [0.15, 0.2) is 0 Å². The van der Waals surface area contributed by atoms with E-state index >= 15 is 0 Å². The number of hydrogen-bond acceptors (Lipinski definition) is 3. The molecule has 1 heterocycles. The molecule has 1 aromatic carbocycles. The standard InChI is InChI=1S/C12H14Cl2N2O2S2/c13-9-1-2-10(14)11(7-9)20(17,18)16-5-3-8(4-6-16)12(15)19/h1-2,7-8H,3-6H2,(H2,15,19). The van der Waals surface area contributed by atoms with E-state index < -0.39 is 10.0 Å². The minimum Gasteiger partial charge on any atom is -0.393 e. The molecule has 0 spiro atoms. The molecule has 0 aliphatic carbocycles. The van der Waals surface area contributed by atoms with Crippen molar-refractivity contribution in [1.29, 1.82) is 0 Å². The minimum absolute atomic E-state index is 0.0421. The van der Waals surface area contributed by atoms with Crippen LogP contribution in [0.5, 0.6) is 0 Å². The Labute approximate surface area is 133 Å². The lowest BCUT2D eigenvalue weighted by atomic mass is 9.98. The smallest absolute Gasteiger partial charge is 0.244 e. The largest absolute Gasteiger partial charge is 0.393 e. The summed E-state index contributed by atoms with van der Waals surface area (Å²) in [7, 11) is -3.63. The van der Waals surface area contributed by atoms with Crippen molar-refractivity contribution in [3.8, 4) is 0 Å². The van der Waals surface area contributed by atoms with Crippen molar-refractivity contribution >= 4 is 50.4 Å². The summed E-state index contributed by atoms with van der Waals surface area (Å²) in [5, 5.41) is 0.511. The van der Waals surface area contributed by atoms with Gasteiger partial charge in [-0.25, -0.2) is 8.42 Å². The van der Waals surface area contributed by atoms with Crippen LogP contribution < -0.4 is 5.73 Å². The van der Waals surface area contributed by atoms with Gasteiger partial charge in [-0.15, -0.1) is 0 Å². The molecule has 1 fully saturated rings. The zero-order valence-electron chi connectivity index (χ0n) is 10.6. The summed E-state index contributed by atoms with van der Waals surface area (Å²) < 4.78 is 26.5. The highest BCUT2D eigenvalue weighted by molar-refractivity contribution is 7.89. The van der Waals surface area contributed by atoms with Crippen LogP contribution >= 0.6 is 35.4 Å². The molecule has 0 bridgehead atoms. The van der Waals surface area contributed by atoms with Gasteiger partial charge >= 0.3 is 0 Å². The second-order valence-corrected chi connectivity index (χ2v) is 7.88. The van der Waals surface area contributed by atoms with E-state index in [0.29, 0.717) is 35.9 Å². The number of hydrogen-bond donors (Lipinski definition) is 1. The summed E-state index contributed by atoms with van der Waals surface area (Å²) in [5.74, 6) is 0.103. The lowest BCUT2D eigenvalue weighted by molar-refractivity contribution is 0.317. The van der Waals surface area contributed by atoms with E-state index in [4.69, 9.17) is 41.2 Å². The van der Waals surface area contributed by atoms with Crippen LogP contribution in [-0.2, 0) is 10.0 Å². The van der Waals surface area contributed by atoms with Gasteiger partial charge in [-0.1, -0.05) is 35.4 Å². The Balaban J connectivity index is 2.24. The number of nitrogens with two attached hydrogens (primary N) is 1. The Bertz CT molecular complexity index is 626. The first-order valence-corrected chi connectivity index (χ1v) is 8.67. The zero-order valence-corrected chi connectivity index (χ0v) is 13.7. The summed E-state index contributed by atoms with van der Waals surface area (Å²) in [5.41, 5.74) is 5.60. The van der Waals surface area contributed by atoms with Gasteiger partial charge in [0.25, 0.3) is 0 Å². The van der Waals surface area contributed by atoms with Crippen molar-refractivity contribution in [3.05, 3.63) is 28.2 Å². The fraction of sp³-hybridized carbons (Fsp3) is 0.417. The van der Waals surface area contributed by atoms with Gasteiger partial charge in [0.1, 0.15) is 4.90 Å². The first-order chi connectivity index (χ1) is 9.32. The van der Waals surface area contributed by atoms with Gasteiger partial charge < -0.3 is 5.73 Å². The molecule has 20 heavy (non-hydrogen) atoms. The molecule has 1 aromatic rings. The Morgan fingerprint density at radius 2 is 1.90 bits per heavy atom. The van der Waals surface area contributed by atoms with Gasteiger partial charge in [-0.3, -0.25) is 0 Å². The van der Waals surface area contributed by atoms with Crippen molar-refractivity contribution in [1.82, 2.24) is 4.31 Å². The Kier molecular flexibility index (Phi) is 4.92. The molecule has 0 radical (unpaired) electrons. The number of piperidine rings is 1. The number of halogens is 2. The molecule has 1 aliphatic rings. The molecule has 2 rings (SSSR count). The van der Waals surface area contributed by atoms with E-state index in [1.165, 1.54) is 16.4 Å². The lowest BCUT2D eigenvalue weighted by Gasteiger charge is -2.30. The number of thiocarbonyl (C=S) groups is 1. The average molecular weight is 353 g/mol. The molecule has 0 saturated carbocycles. The van der Waals surface area contributed by atoms with Crippen molar-refractivity contribution in [2.75, 3.05) is 13.1 Å². The molecule has 0 aromatic heterocycles. The quantitative estimate of drug-likeness (QED) is 0.849. The van der Waals surface area contributed by atoms with Gasteiger partial charge in [0, 0.05) is 24.0 Å². The summed E-state index contributed by atoms with van der Waals surface area (Å²) in [6, 6.07) is 4.42. The fourth-order valence-corrected chi connectivity index (χ4v) is 4.64. The highest BCUT2D eigenvalue weighted by atomic mass is 35.5. The van der Waals surface area contributed by atoms with E-state index in [2.05, 4.69) is 0 Å². The van der Waals surface area contributed by atoms with E-state index in [1.54, 1.807) is 6.07 Å². The van der Waals surface area contributed by atoms with Crippen LogP contribution in [0.3, 0.4) is 0 Å². The molecular weight excluding hydrogens is 339 g/mol. The molecule has 1 saturated heterocycles.